The molecule has 5 nitrogen and oxygen atoms in total. The van der Waals surface area contributed by atoms with Crippen LogP contribution in [0.15, 0.2) is 35.9 Å². The summed E-state index contributed by atoms with van der Waals surface area (Å²) in [5, 5.41) is 19.7. The first-order chi connectivity index (χ1) is 10.6. The third-order valence-corrected chi connectivity index (χ3v) is 3.87. The van der Waals surface area contributed by atoms with Crippen LogP contribution in [0.3, 0.4) is 0 Å². The molecule has 3 rings (SSSR count). The Kier molecular flexibility index (Phi) is 3.05. The van der Waals surface area contributed by atoms with Crippen LogP contribution in [0.25, 0.3) is 16.8 Å². The number of nitrogens with zero attached hydrogens (tertiary/aromatic N) is 4. The Morgan fingerprint density at radius 3 is 2.32 bits per heavy atom. The molecule has 0 N–H and O–H groups in total. The molecule has 0 radical (unpaired) electrons. The lowest BCUT2D eigenvalue weighted by molar-refractivity contribution is 0.253. The van der Waals surface area contributed by atoms with Gasteiger partial charge in [0, 0.05) is 19.5 Å². The number of hydrogen-bond acceptors (Lipinski definition) is 3. The van der Waals surface area contributed by atoms with E-state index in [4.69, 9.17) is 10.5 Å². The molecular weight excluding hydrogens is 276 g/mol. The van der Waals surface area contributed by atoms with E-state index in [1.807, 2.05) is 42.5 Å². The summed E-state index contributed by atoms with van der Waals surface area (Å²) in [6, 6.07) is 13.0. The molecule has 0 saturated heterocycles. The number of hydrogen-bond donors (Lipinski definition) is 0. The smallest absolute Gasteiger partial charge is 0.296 e. The van der Waals surface area contributed by atoms with Gasteiger partial charge in [-0.3, -0.25) is 9.80 Å². The summed E-state index contributed by atoms with van der Waals surface area (Å²) < 4.78 is 0. The van der Waals surface area contributed by atoms with Crippen LogP contribution in [0.2, 0.25) is 0 Å². The number of anilines is 2. The lowest BCUT2D eigenvalue weighted by Gasteiger charge is -2.33. The highest BCUT2D eigenvalue weighted by molar-refractivity contribution is 6.20. The van der Waals surface area contributed by atoms with Crippen molar-refractivity contribution in [1.82, 2.24) is 0 Å². The molecule has 2 aromatic rings. The summed E-state index contributed by atoms with van der Waals surface area (Å²) in [6.45, 7) is 0. The maximum atomic E-state index is 12.2. The van der Waals surface area contributed by atoms with Gasteiger partial charge < -0.3 is 0 Å². The van der Waals surface area contributed by atoms with E-state index in [1.165, 1.54) is 0 Å². The molecule has 1 aliphatic rings. The van der Waals surface area contributed by atoms with Crippen molar-refractivity contribution in [3.05, 3.63) is 41.5 Å². The number of allylic oxidation sites excluding steroid dienone is 1. The molecule has 0 aromatic heterocycles. The molecule has 0 fully saturated rings. The van der Waals surface area contributed by atoms with E-state index < -0.39 is 0 Å². The second kappa shape index (κ2) is 4.91. The van der Waals surface area contributed by atoms with Crippen molar-refractivity contribution in [3.63, 3.8) is 0 Å². The number of urea groups is 1. The van der Waals surface area contributed by atoms with E-state index >= 15 is 0 Å². The zero-order chi connectivity index (χ0) is 15.9. The highest BCUT2D eigenvalue weighted by Crippen LogP contribution is 2.40. The van der Waals surface area contributed by atoms with Gasteiger partial charge in [0.2, 0.25) is 0 Å². The van der Waals surface area contributed by atoms with Crippen molar-refractivity contribution < 1.29 is 4.79 Å². The first-order valence-electron chi connectivity index (χ1n) is 6.67. The molecule has 1 aliphatic heterocycles. The van der Waals surface area contributed by atoms with Gasteiger partial charge in [0.25, 0.3) is 0 Å². The van der Waals surface area contributed by atoms with E-state index in [0.717, 1.165) is 27.7 Å². The second-order valence-corrected chi connectivity index (χ2v) is 5.06. The molecule has 5 heteroatoms. The maximum absolute atomic E-state index is 12.2. The number of carbonyl (C=O) groups is 1. The van der Waals surface area contributed by atoms with Crippen LogP contribution in [0.1, 0.15) is 5.56 Å². The van der Waals surface area contributed by atoms with Gasteiger partial charge in [0.15, 0.2) is 0 Å². The van der Waals surface area contributed by atoms with Crippen LogP contribution < -0.4 is 9.80 Å². The average Bonchev–Trinajstić information content (AvgIpc) is 2.56. The van der Waals surface area contributed by atoms with Gasteiger partial charge in [-0.15, -0.1) is 0 Å². The van der Waals surface area contributed by atoms with E-state index in [2.05, 4.69) is 0 Å². The van der Waals surface area contributed by atoms with Crippen LogP contribution in [0.5, 0.6) is 0 Å². The second-order valence-electron chi connectivity index (χ2n) is 5.06. The van der Waals surface area contributed by atoms with E-state index in [-0.39, 0.29) is 11.6 Å². The van der Waals surface area contributed by atoms with Crippen LogP contribution in [0, 0.1) is 22.7 Å². The van der Waals surface area contributed by atoms with Gasteiger partial charge in [-0.25, -0.2) is 4.79 Å². The zero-order valence-electron chi connectivity index (χ0n) is 12.2. The molecule has 106 valence electrons. The predicted octanol–water partition coefficient (Wildman–Crippen LogP) is 3.28. The lowest BCUT2D eigenvalue weighted by atomic mass is 9.97. The summed E-state index contributed by atoms with van der Waals surface area (Å²) in [7, 11) is 3.46. The molecule has 2 amide bonds. The normalized spacial score (nSPS) is 12.8. The Bertz CT molecular complexity index is 880. The van der Waals surface area contributed by atoms with Gasteiger partial charge in [-0.05, 0) is 29.2 Å². The fourth-order valence-corrected chi connectivity index (χ4v) is 2.75. The van der Waals surface area contributed by atoms with Gasteiger partial charge >= 0.3 is 6.03 Å². The Morgan fingerprint density at radius 1 is 1.05 bits per heavy atom. The van der Waals surface area contributed by atoms with Crippen molar-refractivity contribution in [1.29, 1.82) is 10.5 Å². The van der Waals surface area contributed by atoms with Crippen LogP contribution in [0.4, 0.5) is 16.2 Å². The number of carbonyl (C=O) groups excluding carboxylic acids is 1. The van der Waals surface area contributed by atoms with Crippen LogP contribution >= 0.6 is 0 Å². The number of benzene rings is 2. The molecule has 0 saturated carbocycles. The predicted molar refractivity (Wildman–Crippen MR) is 85.4 cm³/mol. The topological polar surface area (TPSA) is 71.1 Å². The van der Waals surface area contributed by atoms with Crippen molar-refractivity contribution in [2.75, 3.05) is 23.9 Å². The third-order valence-electron chi connectivity index (χ3n) is 3.87. The third kappa shape index (κ3) is 1.81. The molecule has 2 aromatic carbocycles. The van der Waals surface area contributed by atoms with Crippen molar-refractivity contribution in [3.8, 4) is 12.1 Å². The van der Waals surface area contributed by atoms with Crippen molar-refractivity contribution in [2.45, 2.75) is 0 Å². The standard InChI is InChI=1S/C17H12N4O/c1-20-14-5-3-4-13-12(8-11(9-18)10-19)6-7-15(16(13)14)21(2)17(20)22/h3-8H,1-2H3. The van der Waals surface area contributed by atoms with E-state index in [9.17, 15) is 4.79 Å². The highest BCUT2D eigenvalue weighted by Gasteiger charge is 2.27. The van der Waals surface area contributed by atoms with Gasteiger partial charge in [-0.1, -0.05) is 18.2 Å². The maximum Gasteiger partial charge on any atom is 0.328 e. The molecule has 0 aliphatic carbocycles. The number of nitriles is 2. The first kappa shape index (κ1) is 13.7. The average molecular weight is 288 g/mol. The van der Waals surface area contributed by atoms with Gasteiger partial charge in [-0.2, -0.15) is 10.5 Å². The fourth-order valence-electron chi connectivity index (χ4n) is 2.75. The first-order valence-corrected chi connectivity index (χ1v) is 6.67. The van der Waals surface area contributed by atoms with Gasteiger partial charge in [0.05, 0.1) is 11.4 Å². The Labute approximate surface area is 127 Å². The summed E-state index contributed by atoms with van der Waals surface area (Å²) in [6.07, 6.45) is 1.57. The Balaban J connectivity index is 2.37. The quantitative estimate of drug-likeness (QED) is 0.756. The van der Waals surface area contributed by atoms with Gasteiger partial charge in [0.1, 0.15) is 17.7 Å². The molecule has 0 atom stereocenters. The Morgan fingerprint density at radius 2 is 1.68 bits per heavy atom. The summed E-state index contributed by atoms with van der Waals surface area (Å²) >= 11 is 0. The summed E-state index contributed by atoms with van der Waals surface area (Å²) in [5.41, 5.74) is 2.48. The Hall–Kier alpha value is -3.31. The molecule has 0 unspecified atom stereocenters. The van der Waals surface area contributed by atoms with E-state index in [0.29, 0.717) is 0 Å². The van der Waals surface area contributed by atoms with E-state index in [1.54, 1.807) is 30.0 Å². The van der Waals surface area contributed by atoms with Crippen LogP contribution in [-0.4, -0.2) is 20.1 Å². The molecule has 0 spiro atoms. The summed E-state index contributed by atoms with van der Waals surface area (Å²) in [4.78, 5) is 15.4. The van der Waals surface area contributed by atoms with Crippen LogP contribution in [-0.2, 0) is 0 Å². The monoisotopic (exact) mass is 288 g/mol. The molecular formula is C17H12N4O. The molecule has 22 heavy (non-hydrogen) atoms. The van der Waals surface area contributed by atoms with Crippen molar-refractivity contribution >= 4 is 34.3 Å². The minimum atomic E-state index is -0.0990. The zero-order valence-corrected chi connectivity index (χ0v) is 12.2. The fraction of sp³-hybridized carbons (Fsp3) is 0.118. The van der Waals surface area contributed by atoms with Crippen molar-refractivity contribution in [2.24, 2.45) is 0 Å². The summed E-state index contributed by atoms with van der Waals surface area (Å²) in [5.74, 6) is 0. The molecule has 1 heterocycles. The minimum absolute atomic E-state index is 0.0503. The number of amides is 2. The SMILES string of the molecule is CN1C(=O)N(C)c2ccc(C=C(C#N)C#N)c3cccc1c23. The molecule has 0 bridgehead atoms. The lowest BCUT2D eigenvalue weighted by Crippen LogP contribution is -2.41. The largest absolute Gasteiger partial charge is 0.328 e. The highest BCUT2D eigenvalue weighted by atomic mass is 16.2. The minimum Gasteiger partial charge on any atom is -0.296 e. The number of rotatable bonds is 1.